The normalized spacial score (nSPS) is 34.4. The Balaban J connectivity index is 1.59. The number of hydrogen-bond acceptors (Lipinski definition) is 3. The smallest absolute Gasteiger partial charge is 0.0468 e. The molecule has 0 aromatic carbocycles. The number of nitrogens with zero attached hydrogens (tertiary/aromatic N) is 2. The minimum atomic E-state index is 0.615. The Morgan fingerprint density at radius 3 is 2.79 bits per heavy atom. The fourth-order valence-electron chi connectivity index (χ4n) is 4.14. The summed E-state index contributed by atoms with van der Waals surface area (Å²) in [6.45, 7) is 8.64. The third-order valence-electron chi connectivity index (χ3n) is 5.71. The number of rotatable bonds is 6. The summed E-state index contributed by atoms with van der Waals surface area (Å²) >= 11 is 0. The van der Waals surface area contributed by atoms with E-state index in [-0.39, 0.29) is 0 Å². The first kappa shape index (κ1) is 13.8. The molecule has 2 aliphatic heterocycles. The van der Waals surface area contributed by atoms with Crippen molar-refractivity contribution in [2.24, 2.45) is 5.41 Å². The molecular formula is C16H30N2O. The van der Waals surface area contributed by atoms with E-state index in [0.717, 1.165) is 18.7 Å². The summed E-state index contributed by atoms with van der Waals surface area (Å²) in [6, 6.07) is 1.66. The van der Waals surface area contributed by atoms with Gasteiger partial charge in [0.15, 0.2) is 0 Å². The van der Waals surface area contributed by atoms with Crippen LogP contribution in [0, 0.1) is 5.41 Å². The lowest BCUT2D eigenvalue weighted by atomic mass is 9.98. The van der Waals surface area contributed by atoms with Crippen LogP contribution in [0.5, 0.6) is 0 Å². The predicted molar refractivity (Wildman–Crippen MR) is 78.4 cm³/mol. The van der Waals surface area contributed by atoms with E-state index in [2.05, 4.69) is 16.7 Å². The molecule has 19 heavy (non-hydrogen) atoms. The third-order valence-corrected chi connectivity index (χ3v) is 5.71. The van der Waals surface area contributed by atoms with Crippen molar-refractivity contribution < 1.29 is 4.74 Å². The van der Waals surface area contributed by atoms with Gasteiger partial charge in [0, 0.05) is 45.4 Å². The average Bonchev–Trinajstić information content (AvgIpc) is 3.03. The second-order valence-electron chi connectivity index (χ2n) is 7.03. The SMILES string of the molecule is CCC1CN2CCCC2CN1CC1(CCOC)CC1. The highest BCUT2D eigenvalue weighted by Crippen LogP contribution is 2.50. The molecule has 2 heterocycles. The van der Waals surface area contributed by atoms with Crippen LogP contribution in [-0.4, -0.2) is 61.8 Å². The van der Waals surface area contributed by atoms with Crippen LogP contribution in [-0.2, 0) is 4.74 Å². The highest BCUT2D eigenvalue weighted by molar-refractivity contribution is 4.99. The van der Waals surface area contributed by atoms with Crippen LogP contribution in [0.1, 0.15) is 45.4 Å². The second kappa shape index (κ2) is 5.71. The molecule has 3 nitrogen and oxygen atoms in total. The monoisotopic (exact) mass is 266 g/mol. The zero-order valence-electron chi connectivity index (χ0n) is 12.7. The Kier molecular flexibility index (Phi) is 4.16. The van der Waals surface area contributed by atoms with Crippen molar-refractivity contribution in [1.82, 2.24) is 9.80 Å². The lowest BCUT2D eigenvalue weighted by Crippen LogP contribution is -2.57. The van der Waals surface area contributed by atoms with Gasteiger partial charge in [0.2, 0.25) is 0 Å². The van der Waals surface area contributed by atoms with Gasteiger partial charge in [0.1, 0.15) is 0 Å². The van der Waals surface area contributed by atoms with Gasteiger partial charge in [-0.1, -0.05) is 6.92 Å². The summed E-state index contributed by atoms with van der Waals surface area (Å²) in [4.78, 5) is 5.58. The van der Waals surface area contributed by atoms with Crippen LogP contribution < -0.4 is 0 Å². The zero-order valence-corrected chi connectivity index (χ0v) is 12.7. The minimum Gasteiger partial charge on any atom is -0.385 e. The number of piperazine rings is 1. The van der Waals surface area contributed by atoms with Gasteiger partial charge in [-0.3, -0.25) is 9.80 Å². The molecule has 1 aliphatic carbocycles. The molecule has 0 N–H and O–H groups in total. The van der Waals surface area contributed by atoms with Gasteiger partial charge in [0.25, 0.3) is 0 Å². The second-order valence-corrected chi connectivity index (χ2v) is 7.03. The van der Waals surface area contributed by atoms with Crippen molar-refractivity contribution in [2.75, 3.05) is 39.9 Å². The van der Waals surface area contributed by atoms with Crippen LogP contribution in [0.2, 0.25) is 0 Å². The fraction of sp³-hybridized carbons (Fsp3) is 1.00. The van der Waals surface area contributed by atoms with Crippen LogP contribution >= 0.6 is 0 Å². The first-order valence-electron chi connectivity index (χ1n) is 8.23. The van der Waals surface area contributed by atoms with Crippen LogP contribution in [0.3, 0.4) is 0 Å². The maximum atomic E-state index is 5.30. The summed E-state index contributed by atoms with van der Waals surface area (Å²) in [5, 5.41) is 0. The Labute approximate surface area is 118 Å². The molecule has 110 valence electrons. The molecule has 0 radical (unpaired) electrons. The topological polar surface area (TPSA) is 15.7 Å². The summed E-state index contributed by atoms with van der Waals surface area (Å²) in [5.41, 5.74) is 0.615. The lowest BCUT2D eigenvalue weighted by molar-refractivity contribution is 0.0299. The van der Waals surface area contributed by atoms with E-state index in [0.29, 0.717) is 5.41 Å². The quantitative estimate of drug-likeness (QED) is 0.734. The van der Waals surface area contributed by atoms with Gasteiger partial charge >= 0.3 is 0 Å². The zero-order chi connectivity index (χ0) is 13.3. The van der Waals surface area contributed by atoms with Gasteiger partial charge in [-0.2, -0.15) is 0 Å². The molecule has 3 aliphatic rings. The molecule has 1 saturated carbocycles. The summed E-state index contributed by atoms with van der Waals surface area (Å²) < 4.78 is 5.30. The third kappa shape index (κ3) is 2.98. The largest absolute Gasteiger partial charge is 0.385 e. The predicted octanol–water partition coefficient (Wildman–Crippen LogP) is 2.36. The fourth-order valence-corrected chi connectivity index (χ4v) is 4.14. The average molecular weight is 266 g/mol. The molecule has 0 amide bonds. The van der Waals surface area contributed by atoms with E-state index < -0.39 is 0 Å². The van der Waals surface area contributed by atoms with Crippen molar-refractivity contribution in [2.45, 2.75) is 57.5 Å². The molecule has 2 atom stereocenters. The highest BCUT2D eigenvalue weighted by Gasteiger charge is 2.46. The van der Waals surface area contributed by atoms with Gasteiger partial charge in [-0.05, 0) is 50.5 Å². The van der Waals surface area contributed by atoms with Crippen LogP contribution in [0.25, 0.3) is 0 Å². The number of ether oxygens (including phenoxy) is 1. The van der Waals surface area contributed by atoms with Crippen molar-refractivity contribution in [3.63, 3.8) is 0 Å². The summed E-state index contributed by atoms with van der Waals surface area (Å²) in [5.74, 6) is 0. The number of fused-ring (bicyclic) bond motifs is 1. The van der Waals surface area contributed by atoms with Crippen molar-refractivity contribution >= 4 is 0 Å². The summed E-state index contributed by atoms with van der Waals surface area (Å²) in [6.07, 6.45) is 8.28. The van der Waals surface area contributed by atoms with E-state index in [4.69, 9.17) is 4.74 Å². The van der Waals surface area contributed by atoms with E-state index >= 15 is 0 Å². The first-order chi connectivity index (χ1) is 9.26. The van der Waals surface area contributed by atoms with Gasteiger partial charge in [-0.15, -0.1) is 0 Å². The molecule has 3 rings (SSSR count). The minimum absolute atomic E-state index is 0.615. The molecule has 3 heteroatoms. The number of methoxy groups -OCH3 is 1. The molecule has 0 bridgehead atoms. The molecule has 0 spiro atoms. The van der Waals surface area contributed by atoms with Crippen LogP contribution in [0.15, 0.2) is 0 Å². The van der Waals surface area contributed by atoms with Crippen molar-refractivity contribution in [1.29, 1.82) is 0 Å². The van der Waals surface area contributed by atoms with E-state index in [1.807, 2.05) is 7.11 Å². The Morgan fingerprint density at radius 1 is 1.26 bits per heavy atom. The van der Waals surface area contributed by atoms with E-state index in [1.54, 1.807) is 0 Å². The van der Waals surface area contributed by atoms with E-state index in [1.165, 1.54) is 64.7 Å². The van der Waals surface area contributed by atoms with Gasteiger partial charge < -0.3 is 4.74 Å². The highest BCUT2D eigenvalue weighted by atomic mass is 16.5. The molecular weight excluding hydrogens is 236 g/mol. The first-order valence-corrected chi connectivity index (χ1v) is 8.23. The summed E-state index contributed by atoms with van der Waals surface area (Å²) in [7, 11) is 1.84. The number of hydrogen-bond donors (Lipinski definition) is 0. The molecule has 2 saturated heterocycles. The maximum absolute atomic E-state index is 5.30. The molecule has 0 aromatic rings. The Bertz CT molecular complexity index is 303. The molecule has 3 fully saturated rings. The molecule has 0 aromatic heterocycles. The van der Waals surface area contributed by atoms with Gasteiger partial charge in [-0.25, -0.2) is 0 Å². The van der Waals surface area contributed by atoms with Crippen LogP contribution in [0.4, 0.5) is 0 Å². The molecule has 2 unspecified atom stereocenters. The van der Waals surface area contributed by atoms with E-state index in [9.17, 15) is 0 Å². The van der Waals surface area contributed by atoms with Crippen molar-refractivity contribution in [3.8, 4) is 0 Å². The Morgan fingerprint density at radius 2 is 2.11 bits per heavy atom. The maximum Gasteiger partial charge on any atom is 0.0468 e. The standard InChI is InChI=1S/C16H30N2O/c1-3-14-11-17-9-4-5-15(17)12-18(14)13-16(6-7-16)8-10-19-2/h14-15H,3-13H2,1-2H3. The van der Waals surface area contributed by atoms with Crippen molar-refractivity contribution in [3.05, 3.63) is 0 Å². The lowest BCUT2D eigenvalue weighted by Gasteiger charge is -2.45. The van der Waals surface area contributed by atoms with Gasteiger partial charge in [0.05, 0.1) is 0 Å². The Hall–Kier alpha value is -0.120.